The molecule has 1 aliphatic rings. The van der Waals surface area contributed by atoms with E-state index in [1.807, 2.05) is 19.1 Å². The maximum atomic E-state index is 12.2. The first kappa shape index (κ1) is 12.7. The van der Waals surface area contributed by atoms with Crippen molar-refractivity contribution in [3.63, 3.8) is 0 Å². The zero-order valence-corrected chi connectivity index (χ0v) is 10.8. The van der Waals surface area contributed by atoms with E-state index in [1.54, 1.807) is 0 Å². The summed E-state index contributed by atoms with van der Waals surface area (Å²) in [5.41, 5.74) is 2.62. The van der Waals surface area contributed by atoms with Crippen molar-refractivity contribution in [3.05, 3.63) is 35.4 Å². The smallest absolute Gasteiger partial charge is 0.224 e. The van der Waals surface area contributed by atoms with Gasteiger partial charge in [0.25, 0.3) is 0 Å². The largest absolute Gasteiger partial charge is 0.352 e. The van der Waals surface area contributed by atoms with Crippen LogP contribution in [-0.2, 0) is 17.6 Å². The second-order valence-electron chi connectivity index (χ2n) is 4.90. The normalized spacial score (nSPS) is 15.8. The molecule has 2 nitrogen and oxygen atoms in total. The second kappa shape index (κ2) is 5.73. The maximum Gasteiger partial charge on any atom is 0.224 e. The summed E-state index contributed by atoms with van der Waals surface area (Å²) in [5, 5.41) is 3.06. The zero-order valence-electron chi connectivity index (χ0n) is 10.8. The molecular weight excluding hydrogens is 222 g/mol. The fraction of sp³-hybridized carbons (Fsp3) is 0.438. The Hall–Kier alpha value is -1.75. The minimum Gasteiger partial charge on any atom is -0.352 e. The lowest BCUT2D eigenvalue weighted by Gasteiger charge is -2.17. The van der Waals surface area contributed by atoms with Crippen LogP contribution in [0.1, 0.15) is 30.9 Å². The molecule has 1 aromatic rings. The van der Waals surface area contributed by atoms with Crippen LogP contribution in [-0.4, -0.2) is 11.9 Å². The Morgan fingerprint density at radius 1 is 1.44 bits per heavy atom. The van der Waals surface area contributed by atoms with Crippen LogP contribution in [0.25, 0.3) is 0 Å². The molecular formula is C16H19NO. The minimum atomic E-state index is 0.0780. The van der Waals surface area contributed by atoms with Crippen LogP contribution < -0.4 is 5.32 Å². The van der Waals surface area contributed by atoms with Crippen LogP contribution in [0.5, 0.6) is 0 Å². The van der Waals surface area contributed by atoms with Gasteiger partial charge in [0.1, 0.15) is 0 Å². The Balaban J connectivity index is 1.95. The van der Waals surface area contributed by atoms with Crippen molar-refractivity contribution in [1.29, 1.82) is 0 Å². The van der Waals surface area contributed by atoms with E-state index in [-0.39, 0.29) is 17.9 Å². The molecule has 2 rings (SSSR count). The lowest BCUT2D eigenvalue weighted by Crippen LogP contribution is -2.38. The van der Waals surface area contributed by atoms with Crippen LogP contribution in [0, 0.1) is 18.3 Å². The first-order chi connectivity index (χ1) is 8.74. The molecule has 0 bridgehead atoms. The number of nitrogens with one attached hydrogen (secondary N) is 1. The summed E-state index contributed by atoms with van der Waals surface area (Å²) in [6, 6.07) is 8.41. The molecule has 0 fully saturated rings. The molecule has 0 saturated heterocycles. The minimum absolute atomic E-state index is 0.0780. The first-order valence-electron chi connectivity index (χ1n) is 6.55. The number of carbonyl (C=O) groups is 1. The van der Waals surface area contributed by atoms with Crippen LogP contribution in [0.15, 0.2) is 24.3 Å². The van der Waals surface area contributed by atoms with Gasteiger partial charge in [0.05, 0.1) is 0 Å². The van der Waals surface area contributed by atoms with Crippen LogP contribution in [0.3, 0.4) is 0 Å². The fourth-order valence-electron chi connectivity index (χ4n) is 2.50. The molecule has 1 aliphatic carbocycles. The maximum absolute atomic E-state index is 12.2. The van der Waals surface area contributed by atoms with Crippen molar-refractivity contribution >= 4 is 5.91 Å². The summed E-state index contributed by atoms with van der Waals surface area (Å²) in [7, 11) is 0. The van der Waals surface area contributed by atoms with E-state index in [0.717, 1.165) is 19.3 Å². The van der Waals surface area contributed by atoms with Crippen molar-refractivity contribution in [2.75, 3.05) is 0 Å². The molecule has 0 aromatic heterocycles. The Kier molecular flexibility index (Phi) is 4.04. The van der Waals surface area contributed by atoms with E-state index < -0.39 is 0 Å². The number of fused-ring (bicyclic) bond motifs is 1. The third kappa shape index (κ3) is 2.73. The van der Waals surface area contributed by atoms with Gasteiger partial charge in [-0.1, -0.05) is 31.2 Å². The third-order valence-corrected chi connectivity index (χ3v) is 3.63. The SMILES string of the molecule is C#CCC(CC)NC(=O)C1Cc2ccccc2C1. The number of hydrogen-bond acceptors (Lipinski definition) is 1. The van der Waals surface area contributed by atoms with Gasteiger partial charge in [-0.05, 0) is 30.4 Å². The zero-order chi connectivity index (χ0) is 13.0. The van der Waals surface area contributed by atoms with Crippen LogP contribution >= 0.6 is 0 Å². The van der Waals surface area contributed by atoms with Crippen molar-refractivity contribution in [3.8, 4) is 12.3 Å². The molecule has 0 spiro atoms. The summed E-state index contributed by atoms with van der Waals surface area (Å²) in [6.07, 6.45) is 8.51. The van der Waals surface area contributed by atoms with Crippen molar-refractivity contribution in [2.24, 2.45) is 5.92 Å². The molecule has 1 unspecified atom stereocenters. The van der Waals surface area contributed by atoms with E-state index in [0.29, 0.717) is 6.42 Å². The Bertz CT molecular complexity index is 447. The van der Waals surface area contributed by atoms with Gasteiger partial charge in [0.2, 0.25) is 5.91 Å². The van der Waals surface area contributed by atoms with Crippen molar-refractivity contribution < 1.29 is 4.79 Å². The van der Waals surface area contributed by atoms with Crippen molar-refractivity contribution in [1.82, 2.24) is 5.32 Å². The third-order valence-electron chi connectivity index (χ3n) is 3.63. The predicted molar refractivity (Wildman–Crippen MR) is 73.0 cm³/mol. The number of amides is 1. The number of terminal acetylenes is 1. The number of benzene rings is 1. The number of carbonyl (C=O) groups excluding carboxylic acids is 1. The molecule has 0 saturated carbocycles. The van der Waals surface area contributed by atoms with Gasteiger partial charge in [-0.3, -0.25) is 4.79 Å². The Morgan fingerprint density at radius 2 is 2.06 bits per heavy atom. The van der Waals surface area contributed by atoms with Gasteiger partial charge in [-0.15, -0.1) is 12.3 Å². The summed E-state index contributed by atoms with van der Waals surface area (Å²) in [5.74, 6) is 2.84. The highest BCUT2D eigenvalue weighted by Gasteiger charge is 2.27. The average molecular weight is 241 g/mol. The first-order valence-corrected chi connectivity index (χ1v) is 6.55. The van der Waals surface area contributed by atoms with Crippen LogP contribution in [0.4, 0.5) is 0 Å². The van der Waals surface area contributed by atoms with Gasteiger partial charge in [0.15, 0.2) is 0 Å². The average Bonchev–Trinajstić information content (AvgIpc) is 2.82. The highest BCUT2D eigenvalue weighted by Crippen LogP contribution is 2.26. The predicted octanol–water partition coefficient (Wildman–Crippen LogP) is 2.32. The Labute approximate surface area is 109 Å². The molecule has 1 aromatic carbocycles. The highest BCUT2D eigenvalue weighted by molar-refractivity contribution is 5.80. The lowest BCUT2D eigenvalue weighted by molar-refractivity contribution is -0.125. The van der Waals surface area contributed by atoms with Gasteiger partial charge < -0.3 is 5.32 Å². The molecule has 1 N–H and O–H groups in total. The molecule has 94 valence electrons. The summed E-state index contributed by atoms with van der Waals surface area (Å²) in [6.45, 7) is 2.05. The second-order valence-corrected chi connectivity index (χ2v) is 4.90. The highest BCUT2D eigenvalue weighted by atomic mass is 16.1. The van der Waals surface area contributed by atoms with Gasteiger partial charge in [-0.2, -0.15) is 0 Å². The van der Waals surface area contributed by atoms with E-state index in [4.69, 9.17) is 6.42 Å². The Morgan fingerprint density at radius 3 is 2.56 bits per heavy atom. The molecule has 1 atom stereocenters. The fourth-order valence-corrected chi connectivity index (χ4v) is 2.50. The number of rotatable bonds is 4. The van der Waals surface area contributed by atoms with Crippen LogP contribution in [0.2, 0.25) is 0 Å². The lowest BCUT2D eigenvalue weighted by atomic mass is 10.0. The molecule has 0 heterocycles. The van der Waals surface area contributed by atoms with Gasteiger partial charge >= 0.3 is 0 Å². The monoisotopic (exact) mass is 241 g/mol. The van der Waals surface area contributed by atoms with E-state index in [9.17, 15) is 4.79 Å². The summed E-state index contributed by atoms with van der Waals surface area (Å²) >= 11 is 0. The van der Waals surface area contributed by atoms with E-state index in [2.05, 4.69) is 23.4 Å². The molecule has 1 amide bonds. The molecule has 0 aliphatic heterocycles. The number of hydrogen-bond donors (Lipinski definition) is 1. The summed E-state index contributed by atoms with van der Waals surface area (Å²) < 4.78 is 0. The van der Waals surface area contributed by atoms with Gasteiger partial charge in [-0.25, -0.2) is 0 Å². The van der Waals surface area contributed by atoms with E-state index >= 15 is 0 Å². The molecule has 18 heavy (non-hydrogen) atoms. The van der Waals surface area contributed by atoms with E-state index in [1.165, 1.54) is 11.1 Å². The standard InChI is InChI=1S/C16H19NO/c1-3-7-15(4-2)17-16(18)14-10-12-8-5-6-9-13(12)11-14/h1,5-6,8-9,14-15H,4,7,10-11H2,2H3,(H,17,18). The molecule has 2 heteroatoms. The molecule has 0 radical (unpaired) electrons. The van der Waals surface area contributed by atoms with Crippen molar-refractivity contribution in [2.45, 2.75) is 38.6 Å². The quantitative estimate of drug-likeness (QED) is 0.805. The van der Waals surface area contributed by atoms with Gasteiger partial charge in [0, 0.05) is 18.4 Å². The topological polar surface area (TPSA) is 29.1 Å². The summed E-state index contributed by atoms with van der Waals surface area (Å²) in [4.78, 5) is 12.2.